The van der Waals surface area contributed by atoms with Crippen LogP contribution in [-0.2, 0) is 0 Å². The van der Waals surface area contributed by atoms with Crippen LogP contribution in [0.5, 0.6) is 5.75 Å². The quantitative estimate of drug-likeness (QED) is 0.845. The zero-order valence-electron chi connectivity index (χ0n) is 11.7. The highest BCUT2D eigenvalue weighted by molar-refractivity contribution is 5.22. The van der Waals surface area contributed by atoms with E-state index in [0.717, 1.165) is 6.54 Å². The minimum absolute atomic E-state index is 0.241. The molecule has 1 N–H and O–H groups in total. The van der Waals surface area contributed by atoms with Gasteiger partial charge in [-0.05, 0) is 37.4 Å². The smallest absolute Gasteiger partial charge is 0.126 e. The molecule has 0 heterocycles. The number of halogens is 1. The van der Waals surface area contributed by atoms with Gasteiger partial charge in [-0.1, -0.05) is 32.3 Å². The van der Waals surface area contributed by atoms with Gasteiger partial charge in [-0.15, -0.1) is 0 Å². The van der Waals surface area contributed by atoms with Crippen LogP contribution in [-0.4, -0.2) is 19.2 Å². The van der Waals surface area contributed by atoms with Crippen molar-refractivity contribution in [2.24, 2.45) is 5.92 Å². The Labute approximate surface area is 115 Å². The molecule has 0 radical (unpaired) electrons. The number of hydrogen-bond donors (Lipinski definition) is 1. The molecular formula is C16H24FNO. The standard InChI is InChI=1S/C16H24FNO/c1-2-18-16(13-7-4-3-5-8-13)12-19-15-10-6-9-14(17)11-15/h6,9-11,13,16,18H,2-5,7-8,12H2,1H3. The van der Waals surface area contributed by atoms with E-state index < -0.39 is 0 Å². The SMILES string of the molecule is CCNC(COc1cccc(F)c1)C1CCCCC1. The molecular weight excluding hydrogens is 241 g/mol. The summed E-state index contributed by atoms with van der Waals surface area (Å²) in [5.41, 5.74) is 0. The molecule has 0 spiro atoms. The number of benzene rings is 1. The Balaban J connectivity index is 1.89. The second kappa shape index (κ2) is 7.49. The molecule has 106 valence electrons. The van der Waals surface area contributed by atoms with Crippen molar-refractivity contribution in [3.8, 4) is 5.75 Å². The van der Waals surface area contributed by atoms with E-state index >= 15 is 0 Å². The zero-order valence-corrected chi connectivity index (χ0v) is 11.7. The highest BCUT2D eigenvalue weighted by atomic mass is 19.1. The summed E-state index contributed by atoms with van der Waals surface area (Å²) in [6, 6.07) is 6.77. The van der Waals surface area contributed by atoms with E-state index in [4.69, 9.17) is 4.74 Å². The fraction of sp³-hybridized carbons (Fsp3) is 0.625. The number of hydrogen-bond acceptors (Lipinski definition) is 2. The fourth-order valence-electron chi connectivity index (χ4n) is 2.90. The van der Waals surface area contributed by atoms with Gasteiger partial charge in [-0.25, -0.2) is 4.39 Å². The summed E-state index contributed by atoms with van der Waals surface area (Å²) >= 11 is 0. The van der Waals surface area contributed by atoms with E-state index in [1.807, 2.05) is 6.07 Å². The summed E-state index contributed by atoms with van der Waals surface area (Å²) in [6.07, 6.45) is 6.58. The Morgan fingerprint density at radius 2 is 2.11 bits per heavy atom. The minimum Gasteiger partial charge on any atom is -0.492 e. The van der Waals surface area contributed by atoms with Crippen LogP contribution in [0.15, 0.2) is 24.3 Å². The number of nitrogens with one attached hydrogen (secondary N) is 1. The minimum atomic E-state index is -0.241. The van der Waals surface area contributed by atoms with Gasteiger partial charge >= 0.3 is 0 Å². The summed E-state index contributed by atoms with van der Waals surface area (Å²) in [5, 5.41) is 3.52. The van der Waals surface area contributed by atoms with Gasteiger partial charge in [0.15, 0.2) is 0 Å². The Kier molecular flexibility index (Phi) is 5.64. The molecule has 0 saturated heterocycles. The van der Waals surface area contributed by atoms with E-state index in [2.05, 4.69) is 12.2 Å². The molecule has 3 heteroatoms. The first-order valence-electron chi connectivity index (χ1n) is 7.41. The third-order valence-electron chi connectivity index (χ3n) is 3.91. The lowest BCUT2D eigenvalue weighted by atomic mass is 9.84. The van der Waals surface area contributed by atoms with Crippen LogP contribution in [0.3, 0.4) is 0 Å². The maximum Gasteiger partial charge on any atom is 0.126 e. The van der Waals surface area contributed by atoms with Crippen LogP contribution in [0.1, 0.15) is 39.0 Å². The van der Waals surface area contributed by atoms with E-state index in [1.165, 1.54) is 44.2 Å². The summed E-state index contributed by atoms with van der Waals surface area (Å²) in [7, 11) is 0. The van der Waals surface area contributed by atoms with E-state index in [0.29, 0.717) is 24.3 Å². The largest absolute Gasteiger partial charge is 0.492 e. The van der Waals surface area contributed by atoms with Crippen molar-refractivity contribution in [3.63, 3.8) is 0 Å². The molecule has 2 rings (SSSR count). The van der Waals surface area contributed by atoms with Gasteiger partial charge in [0.05, 0.1) is 0 Å². The maximum absolute atomic E-state index is 13.1. The van der Waals surface area contributed by atoms with Crippen molar-refractivity contribution in [2.75, 3.05) is 13.2 Å². The highest BCUT2D eigenvalue weighted by Crippen LogP contribution is 2.27. The first kappa shape index (κ1) is 14.3. The summed E-state index contributed by atoms with van der Waals surface area (Å²) in [5.74, 6) is 1.08. The molecule has 0 amide bonds. The predicted molar refractivity (Wildman–Crippen MR) is 75.9 cm³/mol. The molecule has 1 aromatic rings. The van der Waals surface area contributed by atoms with Crippen LogP contribution in [0, 0.1) is 11.7 Å². The monoisotopic (exact) mass is 265 g/mol. The molecule has 1 aliphatic carbocycles. The molecule has 19 heavy (non-hydrogen) atoms. The third kappa shape index (κ3) is 4.50. The molecule has 1 fully saturated rings. The summed E-state index contributed by atoms with van der Waals surface area (Å²) in [4.78, 5) is 0. The van der Waals surface area contributed by atoms with Gasteiger partial charge in [0.1, 0.15) is 18.2 Å². The highest BCUT2D eigenvalue weighted by Gasteiger charge is 2.23. The van der Waals surface area contributed by atoms with Crippen molar-refractivity contribution in [1.82, 2.24) is 5.32 Å². The lowest BCUT2D eigenvalue weighted by Gasteiger charge is -2.30. The van der Waals surface area contributed by atoms with Crippen LogP contribution < -0.4 is 10.1 Å². The Hall–Kier alpha value is -1.09. The molecule has 1 aromatic carbocycles. The molecule has 1 saturated carbocycles. The molecule has 2 nitrogen and oxygen atoms in total. The lowest BCUT2D eigenvalue weighted by Crippen LogP contribution is -2.41. The zero-order chi connectivity index (χ0) is 13.5. The van der Waals surface area contributed by atoms with Gasteiger partial charge in [0, 0.05) is 12.1 Å². The van der Waals surface area contributed by atoms with Crippen molar-refractivity contribution in [2.45, 2.75) is 45.1 Å². The Morgan fingerprint density at radius 1 is 1.32 bits per heavy atom. The van der Waals surface area contributed by atoms with Crippen LogP contribution in [0.2, 0.25) is 0 Å². The average Bonchev–Trinajstić information content (AvgIpc) is 2.44. The van der Waals surface area contributed by atoms with Gasteiger partial charge in [0.2, 0.25) is 0 Å². The van der Waals surface area contributed by atoms with Crippen molar-refractivity contribution >= 4 is 0 Å². The Morgan fingerprint density at radius 3 is 2.79 bits per heavy atom. The molecule has 1 atom stereocenters. The summed E-state index contributed by atoms with van der Waals surface area (Å²) in [6.45, 7) is 3.70. The first-order chi connectivity index (χ1) is 9.29. The van der Waals surface area contributed by atoms with Gasteiger partial charge in [-0.2, -0.15) is 0 Å². The first-order valence-corrected chi connectivity index (χ1v) is 7.41. The maximum atomic E-state index is 13.1. The average molecular weight is 265 g/mol. The van der Waals surface area contributed by atoms with Crippen molar-refractivity contribution in [3.05, 3.63) is 30.1 Å². The predicted octanol–water partition coefficient (Wildman–Crippen LogP) is 3.76. The van der Waals surface area contributed by atoms with Gasteiger partial charge in [-0.3, -0.25) is 0 Å². The van der Waals surface area contributed by atoms with Crippen molar-refractivity contribution in [1.29, 1.82) is 0 Å². The summed E-state index contributed by atoms with van der Waals surface area (Å²) < 4.78 is 18.9. The molecule has 0 aliphatic heterocycles. The number of likely N-dealkylation sites (N-methyl/N-ethyl adjacent to an activating group) is 1. The second-order valence-corrected chi connectivity index (χ2v) is 5.33. The second-order valence-electron chi connectivity index (χ2n) is 5.33. The molecule has 0 bridgehead atoms. The Bertz CT molecular complexity index is 377. The van der Waals surface area contributed by atoms with E-state index in [9.17, 15) is 4.39 Å². The van der Waals surface area contributed by atoms with Crippen LogP contribution in [0.25, 0.3) is 0 Å². The molecule has 1 aliphatic rings. The van der Waals surface area contributed by atoms with Gasteiger partial charge < -0.3 is 10.1 Å². The lowest BCUT2D eigenvalue weighted by molar-refractivity contribution is 0.187. The normalized spacial score (nSPS) is 18.2. The fourth-order valence-corrected chi connectivity index (χ4v) is 2.90. The third-order valence-corrected chi connectivity index (χ3v) is 3.91. The topological polar surface area (TPSA) is 21.3 Å². The van der Waals surface area contributed by atoms with Crippen molar-refractivity contribution < 1.29 is 9.13 Å². The van der Waals surface area contributed by atoms with E-state index in [-0.39, 0.29) is 5.82 Å². The number of ether oxygens (including phenoxy) is 1. The van der Waals surface area contributed by atoms with E-state index in [1.54, 1.807) is 6.07 Å². The van der Waals surface area contributed by atoms with Crippen LogP contribution in [0.4, 0.5) is 4.39 Å². The van der Waals surface area contributed by atoms with Gasteiger partial charge in [0.25, 0.3) is 0 Å². The van der Waals surface area contributed by atoms with Crippen LogP contribution >= 0.6 is 0 Å². The molecule has 1 unspecified atom stereocenters. The number of rotatable bonds is 6. The molecule has 0 aromatic heterocycles.